The number of aromatic amines is 1. The molecule has 0 bridgehead atoms. The lowest BCUT2D eigenvalue weighted by Crippen LogP contribution is -2.24. The number of amides is 1. The fourth-order valence-electron chi connectivity index (χ4n) is 1.24. The third-order valence-corrected chi connectivity index (χ3v) is 2.78. The van der Waals surface area contributed by atoms with Gasteiger partial charge >= 0.3 is 0 Å². The van der Waals surface area contributed by atoms with Crippen molar-refractivity contribution in [2.75, 3.05) is 13.2 Å². The molecule has 0 aliphatic rings. The van der Waals surface area contributed by atoms with Crippen LogP contribution in [0.15, 0.2) is 6.07 Å². The SMILES string of the molecule is O=C(NCCCCCO)c1cc(Cl)c(Cl)[nH]1. The minimum Gasteiger partial charge on any atom is -0.396 e. The third kappa shape index (κ3) is 4.04. The molecule has 1 rings (SSSR count). The van der Waals surface area contributed by atoms with Crippen molar-refractivity contribution in [3.63, 3.8) is 0 Å². The predicted octanol–water partition coefficient (Wildman–Crippen LogP) is 2.21. The van der Waals surface area contributed by atoms with Gasteiger partial charge in [-0.1, -0.05) is 23.2 Å². The first kappa shape index (κ1) is 13.4. The van der Waals surface area contributed by atoms with Gasteiger partial charge in [-0.2, -0.15) is 0 Å². The van der Waals surface area contributed by atoms with E-state index in [0.29, 0.717) is 17.3 Å². The number of nitrogens with one attached hydrogen (secondary N) is 2. The number of H-pyrrole nitrogens is 1. The summed E-state index contributed by atoms with van der Waals surface area (Å²) in [5.41, 5.74) is 0.358. The van der Waals surface area contributed by atoms with Crippen LogP contribution in [0.25, 0.3) is 0 Å². The lowest BCUT2D eigenvalue weighted by atomic mass is 10.2. The highest BCUT2D eigenvalue weighted by Crippen LogP contribution is 2.21. The fraction of sp³-hybridized carbons (Fsp3) is 0.500. The lowest BCUT2D eigenvalue weighted by Gasteiger charge is -2.02. The Morgan fingerprint density at radius 1 is 1.38 bits per heavy atom. The summed E-state index contributed by atoms with van der Waals surface area (Å²) in [7, 11) is 0. The second-order valence-corrected chi connectivity index (χ2v) is 4.17. The molecule has 0 aliphatic heterocycles. The predicted molar refractivity (Wildman–Crippen MR) is 64.1 cm³/mol. The molecule has 3 N–H and O–H groups in total. The zero-order valence-electron chi connectivity index (χ0n) is 8.72. The van der Waals surface area contributed by atoms with Gasteiger partial charge in [-0.05, 0) is 25.3 Å². The van der Waals surface area contributed by atoms with Crippen molar-refractivity contribution in [2.45, 2.75) is 19.3 Å². The standard InChI is InChI=1S/C10H14Cl2N2O2/c11-7-6-8(14-9(7)12)10(16)13-4-2-1-3-5-15/h6,14-15H,1-5H2,(H,13,16). The van der Waals surface area contributed by atoms with Crippen LogP contribution in [0.4, 0.5) is 0 Å². The van der Waals surface area contributed by atoms with Crippen molar-refractivity contribution >= 4 is 29.1 Å². The largest absolute Gasteiger partial charge is 0.396 e. The number of carbonyl (C=O) groups is 1. The lowest BCUT2D eigenvalue weighted by molar-refractivity contribution is 0.0948. The van der Waals surface area contributed by atoms with Gasteiger partial charge in [-0.15, -0.1) is 0 Å². The second-order valence-electron chi connectivity index (χ2n) is 3.39. The fourth-order valence-corrected chi connectivity index (χ4v) is 1.55. The van der Waals surface area contributed by atoms with Gasteiger partial charge in [-0.25, -0.2) is 0 Å². The molecule has 1 aromatic rings. The Morgan fingerprint density at radius 3 is 2.69 bits per heavy atom. The number of unbranched alkanes of at least 4 members (excludes halogenated alkanes) is 2. The summed E-state index contributed by atoms with van der Waals surface area (Å²) in [5.74, 6) is -0.224. The molecule has 1 amide bonds. The minimum absolute atomic E-state index is 0.190. The van der Waals surface area contributed by atoms with E-state index in [2.05, 4.69) is 10.3 Å². The van der Waals surface area contributed by atoms with Gasteiger partial charge in [0.05, 0.1) is 5.02 Å². The van der Waals surface area contributed by atoms with E-state index >= 15 is 0 Å². The molecular formula is C10H14Cl2N2O2. The summed E-state index contributed by atoms with van der Waals surface area (Å²) in [6.07, 6.45) is 2.49. The van der Waals surface area contributed by atoms with Crippen molar-refractivity contribution in [2.24, 2.45) is 0 Å². The average Bonchev–Trinajstić information content (AvgIpc) is 2.59. The molecule has 0 spiro atoms. The summed E-state index contributed by atoms with van der Waals surface area (Å²) < 4.78 is 0. The van der Waals surface area contributed by atoms with Crippen molar-refractivity contribution < 1.29 is 9.90 Å². The number of hydrogen-bond donors (Lipinski definition) is 3. The molecule has 16 heavy (non-hydrogen) atoms. The third-order valence-electron chi connectivity index (χ3n) is 2.09. The summed E-state index contributed by atoms with van der Waals surface area (Å²) >= 11 is 11.4. The second kappa shape index (κ2) is 6.78. The van der Waals surface area contributed by atoms with E-state index in [1.54, 1.807) is 0 Å². The molecule has 0 atom stereocenters. The van der Waals surface area contributed by atoms with Crippen molar-refractivity contribution in [1.29, 1.82) is 0 Å². The van der Waals surface area contributed by atoms with Gasteiger partial charge in [0.2, 0.25) is 0 Å². The number of aromatic nitrogens is 1. The maximum atomic E-state index is 11.5. The van der Waals surface area contributed by atoms with Crippen LogP contribution in [0.3, 0.4) is 0 Å². The van der Waals surface area contributed by atoms with Crippen LogP contribution in [-0.2, 0) is 0 Å². The van der Waals surface area contributed by atoms with Crippen LogP contribution in [-0.4, -0.2) is 29.1 Å². The maximum Gasteiger partial charge on any atom is 0.267 e. The summed E-state index contributed by atoms with van der Waals surface area (Å²) in [6.45, 7) is 0.767. The first-order chi connectivity index (χ1) is 7.65. The molecule has 1 aromatic heterocycles. The Morgan fingerprint density at radius 2 is 2.12 bits per heavy atom. The van der Waals surface area contributed by atoms with Crippen molar-refractivity contribution in [1.82, 2.24) is 10.3 Å². The summed E-state index contributed by atoms with van der Waals surface area (Å²) in [6, 6.07) is 1.49. The van der Waals surface area contributed by atoms with Crippen LogP contribution in [0, 0.1) is 0 Å². The highest BCUT2D eigenvalue weighted by molar-refractivity contribution is 6.41. The molecule has 0 fully saturated rings. The number of rotatable bonds is 6. The molecule has 0 saturated heterocycles. The molecule has 0 saturated carbocycles. The first-order valence-corrected chi connectivity index (χ1v) is 5.84. The minimum atomic E-state index is -0.224. The Balaban J connectivity index is 2.30. The topological polar surface area (TPSA) is 65.1 Å². The number of hydrogen-bond acceptors (Lipinski definition) is 2. The van der Waals surface area contributed by atoms with Crippen LogP contribution in [0.1, 0.15) is 29.8 Å². The van der Waals surface area contributed by atoms with E-state index < -0.39 is 0 Å². The first-order valence-electron chi connectivity index (χ1n) is 5.08. The normalized spacial score (nSPS) is 10.4. The molecule has 6 heteroatoms. The molecular weight excluding hydrogens is 251 g/mol. The molecule has 90 valence electrons. The molecule has 0 unspecified atom stereocenters. The van der Waals surface area contributed by atoms with E-state index in [1.807, 2.05) is 0 Å². The maximum absolute atomic E-state index is 11.5. The highest BCUT2D eigenvalue weighted by atomic mass is 35.5. The molecule has 0 aromatic carbocycles. The zero-order valence-corrected chi connectivity index (χ0v) is 10.2. The van der Waals surface area contributed by atoms with Gasteiger partial charge in [0.25, 0.3) is 5.91 Å². The van der Waals surface area contributed by atoms with Crippen LogP contribution in [0.5, 0.6) is 0 Å². The van der Waals surface area contributed by atoms with Gasteiger partial charge in [0, 0.05) is 13.2 Å². The van der Waals surface area contributed by atoms with E-state index in [-0.39, 0.29) is 17.7 Å². The monoisotopic (exact) mass is 264 g/mol. The van der Waals surface area contributed by atoms with Crippen LogP contribution < -0.4 is 5.32 Å². The number of halogens is 2. The number of aliphatic hydroxyl groups excluding tert-OH is 1. The van der Waals surface area contributed by atoms with Crippen LogP contribution >= 0.6 is 23.2 Å². The Kier molecular flexibility index (Phi) is 5.66. The zero-order chi connectivity index (χ0) is 12.0. The highest BCUT2D eigenvalue weighted by Gasteiger charge is 2.10. The van der Waals surface area contributed by atoms with E-state index in [4.69, 9.17) is 28.3 Å². The Hall–Kier alpha value is -0.710. The van der Waals surface area contributed by atoms with Crippen molar-refractivity contribution in [3.05, 3.63) is 21.9 Å². The molecule has 4 nitrogen and oxygen atoms in total. The van der Waals surface area contributed by atoms with E-state index in [9.17, 15) is 4.79 Å². The number of carbonyl (C=O) groups excluding carboxylic acids is 1. The van der Waals surface area contributed by atoms with Gasteiger partial charge in [-0.3, -0.25) is 4.79 Å². The Labute approximate surface area is 104 Å². The van der Waals surface area contributed by atoms with E-state index in [0.717, 1.165) is 19.3 Å². The summed E-state index contributed by atoms with van der Waals surface area (Å²) in [4.78, 5) is 14.2. The molecule has 1 heterocycles. The van der Waals surface area contributed by atoms with E-state index in [1.165, 1.54) is 6.07 Å². The van der Waals surface area contributed by atoms with Crippen LogP contribution in [0.2, 0.25) is 10.2 Å². The van der Waals surface area contributed by atoms with Crippen molar-refractivity contribution in [3.8, 4) is 0 Å². The molecule has 0 aliphatic carbocycles. The average molecular weight is 265 g/mol. The quantitative estimate of drug-likeness (QED) is 0.690. The van der Waals surface area contributed by atoms with Gasteiger partial charge < -0.3 is 15.4 Å². The van der Waals surface area contributed by atoms with Gasteiger partial charge in [0.15, 0.2) is 0 Å². The smallest absolute Gasteiger partial charge is 0.267 e. The molecule has 0 radical (unpaired) electrons. The Bertz CT molecular complexity index is 333. The number of aliphatic hydroxyl groups is 1. The summed E-state index contributed by atoms with van der Waals surface area (Å²) in [5, 5.41) is 11.9. The van der Waals surface area contributed by atoms with Gasteiger partial charge in [0.1, 0.15) is 10.8 Å².